The van der Waals surface area contributed by atoms with Crippen molar-refractivity contribution in [2.75, 3.05) is 6.79 Å². The van der Waals surface area contributed by atoms with Gasteiger partial charge in [0.1, 0.15) is 6.04 Å². The predicted octanol–water partition coefficient (Wildman–Crippen LogP) is 4.45. The van der Waals surface area contributed by atoms with Crippen molar-refractivity contribution in [2.24, 2.45) is 0 Å². The predicted molar refractivity (Wildman–Crippen MR) is 121 cm³/mol. The summed E-state index contributed by atoms with van der Waals surface area (Å²) in [5, 5.41) is 3.18. The van der Waals surface area contributed by atoms with Crippen LogP contribution in [0.4, 0.5) is 0 Å². The van der Waals surface area contributed by atoms with Crippen molar-refractivity contribution < 1.29 is 23.5 Å². The molecule has 0 saturated heterocycles. The third-order valence-electron chi connectivity index (χ3n) is 6.16. The minimum absolute atomic E-state index is 0.134. The van der Waals surface area contributed by atoms with E-state index in [4.69, 9.17) is 13.9 Å². The lowest BCUT2D eigenvalue weighted by atomic mass is 10.0. The Morgan fingerprint density at radius 3 is 2.52 bits per heavy atom. The van der Waals surface area contributed by atoms with Crippen molar-refractivity contribution in [1.29, 1.82) is 0 Å². The first-order chi connectivity index (χ1) is 16.2. The average molecular weight is 447 g/mol. The van der Waals surface area contributed by atoms with Crippen LogP contribution in [-0.4, -0.2) is 29.5 Å². The van der Waals surface area contributed by atoms with Crippen molar-refractivity contribution in [3.8, 4) is 11.5 Å². The zero-order chi connectivity index (χ0) is 22.6. The maximum absolute atomic E-state index is 13.6. The molecule has 0 radical (unpaired) electrons. The SMILES string of the molecule is O=C(NC1CCCC1)[C@@H](c1ccccc1)N(Cc1ccc2c(c1)OCO2)C(=O)c1ccco1. The molecular formula is C26H26N2O5. The molecule has 2 aromatic carbocycles. The summed E-state index contributed by atoms with van der Waals surface area (Å²) >= 11 is 0. The second kappa shape index (κ2) is 9.40. The molecule has 33 heavy (non-hydrogen) atoms. The minimum atomic E-state index is -0.810. The first-order valence-corrected chi connectivity index (χ1v) is 11.3. The van der Waals surface area contributed by atoms with Gasteiger partial charge in [-0.15, -0.1) is 0 Å². The number of rotatable bonds is 7. The molecule has 5 rings (SSSR count). The Morgan fingerprint density at radius 1 is 0.970 bits per heavy atom. The fourth-order valence-electron chi connectivity index (χ4n) is 4.52. The molecule has 7 heteroatoms. The van der Waals surface area contributed by atoms with Crippen LogP contribution in [0.5, 0.6) is 11.5 Å². The molecule has 2 aliphatic rings. The molecule has 0 unspecified atom stereocenters. The standard InChI is InChI=1S/C26H26N2O5/c29-25(27-20-9-4-5-10-20)24(19-7-2-1-3-8-19)28(26(30)22-11-6-14-31-22)16-18-12-13-21-23(15-18)33-17-32-21/h1-3,6-8,11-15,20,24H,4-5,9-10,16-17H2,(H,27,29)/t24-/m1/s1. The number of amides is 2. The topological polar surface area (TPSA) is 81.0 Å². The van der Waals surface area contributed by atoms with Crippen molar-refractivity contribution >= 4 is 11.8 Å². The molecule has 2 heterocycles. The fraction of sp³-hybridized carbons (Fsp3) is 0.308. The zero-order valence-electron chi connectivity index (χ0n) is 18.2. The number of carbonyl (C=O) groups excluding carboxylic acids is 2. The fourth-order valence-corrected chi connectivity index (χ4v) is 4.52. The van der Waals surface area contributed by atoms with Crippen molar-refractivity contribution in [1.82, 2.24) is 10.2 Å². The Labute approximate surface area is 192 Å². The Balaban J connectivity index is 1.51. The number of nitrogens with zero attached hydrogens (tertiary/aromatic N) is 1. The molecule has 1 aromatic heterocycles. The average Bonchev–Trinajstić information content (AvgIpc) is 3.61. The number of benzene rings is 2. The summed E-state index contributed by atoms with van der Waals surface area (Å²) in [4.78, 5) is 28.8. The quantitative estimate of drug-likeness (QED) is 0.580. The summed E-state index contributed by atoms with van der Waals surface area (Å²) in [5.41, 5.74) is 1.57. The first kappa shape index (κ1) is 21.1. The number of hydrogen-bond acceptors (Lipinski definition) is 5. The van der Waals surface area contributed by atoms with E-state index in [2.05, 4.69) is 5.32 Å². The summed E-state index contributed by atoms with van der Waals surface area (Å²) in [7, 11) is 0. The lowest BCUT2D eigenvalue weighted by molar-refractivity contribution is -0.126. The van der Waals surface area contributed by atoms with Crippen LogP contribution in [0, 0.1) is 0 Å². The van der Waals surface area contributed by atoms with E-state index in [9.17, 15) is 9.59 Å². The van der Waals surface area contributed by atoms with Gasteiger partial charge in [-0.2, -0.15) is 0 Å². The summed E-state index contributed by atoms with van der Waals surface area (Å²) < 4.78 is 16.3. The van der Waals surface area contributed by atoms with Crippen LogP contribution in [0.3, 0.4) is 0 Å². The molecule has 3 aromatic rings. The van der Waals surface area contributed by atoms with E-state index in [0.29, 0.717) is 11.5 Å². The Morgan fingerprint density at radius 2 is 1.76 bits per heavy atom. The first-order valence-electron chi connectivity index (χ1n) is 11.3. The zero-order valence-corrected chi connectivity index (χ0v) is 18.2. The molecule has 1 N–H and O–H groups in total. The number of carbonyl (C=O) groups is 2. The Hall–Kier alpha value is -3.74. The van der Waals surface area contributed by atoms with E-state index in [0.717, 1.165) is 36.8 Å². The number of hydrogen-bond donors (Lipinski definition) is 1. The van der Waals surface area contributed by atoms with Gasteiger partial charge in [0, 0.05) is 12.6 Å². The van der Waals surface area contributed by atoms with Gasteiger partial charge in [-0.1, -0.05) is 49.2 Å². The molecule has 1 saturated carbocycles. The van der Waals surface area contributed by atoms with Gasteiger partial charge < -0.3 is 24.1 Å². The highest BCUT2D eigenvalue weighted by atomic mass is 16.7. The minimum Gasteiger partial charge on any atom is -0.459 e. The highest BCUT2D eigenvalue weighted by Crippen LogP contribution is 2.34. The molecule has 1 aliphatic heterocycles. The van der Waals surface area contributed by atoms with Crippen molar-refractivity contribution in [2.45, 2.75) is 44.3 Å². The summed E-state index contributed by atoms with van der Waals surface area (Å²) in [6.45, 7) is 0.373. The van der Waals surface area contributed by atoms with Gasteiger partial charge >= 0.3 is 0 Å². The molecular weight excluding hydrogens is 420 g/mol. The number of furan rings is 1. The normalized spacial score (nSPS) is 15.9. The van der Waals surface area contributed by atoms with Crippen LogP contribution in [0.25, 0.3) is 0 Å². The molecule has 1 aliphatic carbocycles. The second-order valence-corrected chi connectivity index (χ2v) is 8.40. The molecule has 7 nitrogen and oxygen atoms in total. The van der Waals surface area contributed by atoms with Gasteiger partial charge in [-0.05, 0) is 48.2 Å². The third kappa shape index (κ3) is 4.58. The van der Waals surface area contributed by atoms with E-state index in [1.807, 2.05) is 48.5 Å². The third-order valence-corrected chi connectivity index (χ3v) is 6.16. The maximum atomic E-state index is 13.6. The summed E-state index contributed by atoms with van der Waals surface area (Å²) in [6.07, 6.45) is 5.59. The van der Waals surface area contributed by atoms with Gasteiger partial charge in [0.2, 0.25) is 12.7 Å². The van der Waals surface area contributed by atoms with Crippen molar-refractivity contribution in [3.63, 3.8) is 0 Å². The molecule has 170 valence electrons. The van der Waals surface area contributed by atoms with Gasteiger partial charge in [-0.3, -0.25) is 9.59 Å². The van der Waals surface area contributed by atoms with E-state index in [1.165, 1.54) is 6.26 Å². The van der Waals surface area contributed by atoms with E-state index < -0.39 is 6.04 Å². The van der Waals surface area contributed by atoms with E-state index in [1.54, 1.807) is 17.0 Å². The number of ether oxygens (including phenoxy) is 2. The smallest absolute Gasteiger partial charge is 0.290 e. The monoisotopic (exact) mass is 446 g/mol. The van der Waals surface area contributed by atoms with Crippen LogP contribution in [0.2, 0.25) is 0 Å². The van der Waals surface area contributed by atoms with Gasteiger partial charge in [-0.25, -0.2) is 0 Å². The highest BCUT2D eigenvalue weighted by Gasteiger charge is 2.35. The highest BCUT2D eigenvalue weighted by molar-refractivity contribution is 5.96. The van der Waals surface area contributed by atoms with Gasteiger partial charge in [0.05, 0.1) is 6.26 Å². The number of fused-ring (bicyclic) bond motifs is 1. The van der Waals surface area contributed by atoms with E-state index >= 15 is 0 Å². The van der Waals surface area contributed by atoms with E-state index in [-0.39, 0.29) is 37.0 Å². The summed E-state index contributed by atoms with van der Waals surface area (Å²) in [6, 6.07) is 17.6. The summed E-state index contributed by atoms with van der Waals surface area (Å²) in [5.74, 6) is 0.943. The maximum Gasteiger partial charge on any atom is 0.290 e. The Bertz CT molecular complexity index is 1110. The van der Waals surface area contributed by atoms with Gasteiger partial charge in [0.15, 0.2) is 17.3 Å². The molecule has 1 atom stereocenters. The molecule has 1 fully saturated rings. The van der Waals surface area contributed by atoms with Gasteiger partial charge in [0.25, 0.3) is 5.91 Å². The largest absolute Gasteiger partial charge is 0.459 e. The molecule has 0 spiro atoms. The van der Waals surface area contributed by atoms with Crippen LogP contribution in [0.1, 0.15) is 53.4 Å². The van der Waals surface area contributed by atoms with Crippen LogP contribution < -0.4 is 14.8 Å². The molecule has 2 amide bonds. The van der Waals surface area contributed by atoms with Crippen LogP contribution >= 0.6 is 0 Å². The lowest BCUT2D eigenvalue weighted by Gasteiger charge is -2.32. The van der Waals surface area contributed by atoms with Crippen molar-refractivity contribution in [3.05, 3.63) is 83.8 Å². The van der Waals surface area contributed by atoms with Crippen LogP contribution in [0.15, 0.2) is 71.3 Å². The lowest BCUT2D eigenvalue weighted by Crippen LogP contribution is -2.45. The Kier molecular flexibility index (Phi) is 6.02. The second-order valence-electron chi connectivity index (χ2n) is 8.40. The molecule has 0 bridgehead atoms. The van der Waals surface area contributed by atoms with Crippen LogP contribution in [-0.2, 0) is 11.3 Å². The number of nitrogens with one attached hydrogen (secondary N) is 1.